The van der Waals surface area contributed by atoms with Gasteiger partial charge in [-0.05, 0) is 25.0 Å². The summed E-state index contributed by atoms with van der Waals surface area (Å²) in [6, 6.07) is 18.4. The normalized spacial score (nSPS) is 10.9. The molecule has 0 atom stereocenters. The second-order valence-corrected chi connectivity index (χ2v) is 6.45. The molecule has 2 heterocycles. The van der Waals surface area contributed by atoms with Gasteiger partial charge in [-0.2, -0.15) is 0 Å². The molecule has 0 spiro atoms. The van der Waals surface area contributed by atoms with Gasteiger partial charge in [-0.25, -0.2) is 9.97 Å². The second kappa shape index (κ2) is 7.50. The number of nitrogens with zero attached hydrogens (tertiary/aromatic N) is 3. The monoisotopic (exact) mass is 358 g/mol. The fraction of sp³-hybridized carbons (Fsp3) is 0.182. The molecule has 5 heteroatoms. The maximum atomic E-state index is 5.49. The number of aromatic nitrogens is 4. The van der Waals surface area contributed by atoms with Crippen LogP contribution in [0.2, 0.25) is 0 Å². The highest BCUT2D eigenvalue weighted by Gasteiger charge is 2.17. The predicted molar refractivity (Wildman–Crippen MR) is 107 cm³/mol. The van der Waals surface area contributed by atoms with E-state index in [4.69, 9.17) is 9.72 Å². The van der Waals surface area contributed by atoms with Crippen LogP contribution in [0, 0.1) is 6.92 Å². The van der Waals surface area contributed by atoms with Crippen LogP contribution in [0.5, 0.6) is 5.75 Å². The van der Waals surface area contributed by atoms with Crippen LogP contribution < -0.4 is 4.74 Å². The van der Waals surface area contributed by atoms with Crippen LogP contribution in [0.3, 0.4) is 0 Å². The molecule has 0 bridgehead atoms. The maximum Gasteiger partial charge on any atom is 0.122 e. The van der Waals surface area contributed by atoms with E-state index >= 15 is 0 Å². The Hall–Kier alpha value is -3.34. The number of hydrogen-bond donors (Lipinski definition) is 1. The number of benzene rings is 2. The highest BCUT2D eigenvalue weighted by molar-refractivity contribution is 5.76. The third-order valence-corrected chi connectivity index (χ3v) is 4.66. The minimum Gasteiger partial charge on any atom is -0.496 e. The smallest absolute Gasteiger partial charge is 0.122 e. The molecule has 0 radical (unpaired) electrons. The molecule has 0 amide bonds. The molecule has 1 N–H and O–H groups in total. The van der Waals surface area contributed by atoms with Gasteiger partial charge < -0.3 is 14.3 Å². The molecule has 0 aliphatic heterocycles. The standard InChI is InChI=1S/C22H22N4O/c1-16-23-14-19(25-16)22-21(18-9-4-3-5-10-18)24-15-26(22)13-12-17-8-6-7-11-20(17)27-2/h3-11,14-15H,12-13H2,1-2H3,(H,23,25). The largest absolute Gasteiger partial charge is 0.496 e. The van der Waals surface area contributed by atoms with Crippen molar-refractivity contribution in [3.8, 4) is 28.4 Å². The lowest BCUT2D eigenvalue weighted by Gasteiger charge is -2.11. The molecular formula is C22H22N4O. The van der Waals surface area contributed by atoms with Crippen molar-refractivity contribution in [2.24, 2.45) is 0 Å². The molecule has 0 saturated carbocycles. The number of aromatic amines is 1. The van der Waals surface area contributed by atoms with Crippen LogP contribution in [0.15, 0.2) is 67.1 Å². The molecule has 0 saturated heterocycles. The van der Waals surface area contributed by atoms with Crippen LogP contribution in [0.25, 0.3) is 22.6 Å². The van der Waals surface area contributed by atoms with E-state index in [0.29, 0.717) is 0 Å². The summed E-state index contributed by atoms with van der Waals surface area (Å²) >= 11 is 0. The van der Waals surface area contributed by atoms with Gasteiger partial charge in [0, 0.05) is 12.1 Å². The average molecular weight is 358 g/mol. The molecule has 4 rings (SSSR count). The van der Waals surface area contributed by atoms with Crippen LogP contribution >= 0.6 is 0 Å². The van der Waals surface area contributed by atoms with Gasteiger partial charge in [0.2, 0.25) is 0 Å². The maximum absolute atomic E-state index is 5.49. The summed E-state index contributed by atoms with van der Waals surface area (Å²) in [5.41, 5.74) is 5.26. The van der Waals surface area contributed by atoms with Gasteiger partial charge in [-0.1, -0.05) is 48.5 Å². The highest BCUT2D eigenvalue weighted by atomic mass is 16.5. The van der Waals surface area contributed by atoms with E-state index in [1.807, 2.05) is 55.8 Å². The van der Waals surface area contributed by atoms with Crippen LogP contribution in [0.4, 0.5) is 0 Å². The van der Waals surface area contributed by atoms with Crippen LogP contribution in [-0.2, 0) is 13.0 Å². The molecule has 5 nitrogen and oxygen atoms in total. The minimum absolute atomic E-state index is 0.799. The van der Waals surface area contributed by atoms with Crippen LogP contribution in [-0.4, -0.2) is 26.6 Å². The van der Waals surface area contributed by atoms with Crippen molar-refractivity contribution < 1.29 is 4.74 Å². The Morgan fingerprint density at radius 2 is 1.78 bits per heavy atom. The number of imidazole rings is 2. The van der Waals surface area contributed by atoms with E-state index in [9.17, 15) is 0 Å². The second-order valence-electron chi connectivity index (χ2n) is 6.45. The zero-order valence-electron chi connectivity index (χ0n) is 15.5. The highest BCUT2D eigenvalue weighted by Crippen LogP contribution is 2.30. The van der Waals surface area contributed by atoms with Gasteiger partial charge in [0.15, 0.2) is 0 Å². The summed E-state index contributed by atoms with van der Waals surface area (Å²) in [5.74, 6) is 1.81. The van der Waals surface area contributed by atoms with E-state index in [2.05, 4.69) is 32.7 Å². The first-order valence-corrected chi connectivity index (χ1v) is 9.00. The quantitative estimate of drug-likeness (QED) is 0.552. The summed E-state index contributed by atoms with van der Waals surface area (Å²) in [6.45, 7) is 2.76. The van der Waals surface area contributed by atoms with Gasteiger partial charge in [0.25, 0.3) is 0 Å². The molecule has 136 valence electrons. The Bertz CT molecular complexity index is 1030. The Kier molecular flexibility index (Phi) is 4.75. The van der Waals surface area contributed by atoms with Crippen molar-refractivity contribution in [3.05, 3.63) is 78.5 Å². The lowest BCUT2D eigenvalue weighted by Crippen LogP contribution is -2.04. The first-order chi connectivity index (χ1) is 13.3. The van der Waals surface area contributed by atoms with E-state index < -0.39 is 0 Å². The molecule has 2 aromatic heterocycles. The molecular weight excluding hydrogens is 336 g/mol. The third kappa shape index (κ3) is 3.49. The molecule has 2 aromatic carbocycles. The summed E-state index contributed by atoms with van der Waals surface area (Å²) in [6.07, 6.45) is 4.64. The molecule has 0 unspecified atom stereocenters. The topological polar surface area (TPSA) is 55.7 Å². The van der Waals surface area contributed by atoms with Gasteiger partial charge >= 0.3 is 0 Å². The van der Waals surface area contributed by atoms with Crippen molar-refractivity contribution in [1.82, 2.24) is 19.5 Å². The lowest BCUT2D eigenvalue weighted by atomic mass is 10.1. The fourth-order valence-corrected chi connectivity index (χ4v) is 3.33. The van der Waals surface area contributed by atoms with E-state index in [1.54, 1.807) is 7.11 Å². The first-order valence-electron chi connectivity index (χ1n) is 9.00. The molecule has 0 fully saturated rings. The van der Waals surface area contributed by atoms with E-state index in [0.717, 1.165) is 47.2 Å². The van der Waals surface area contributed by atoms with Crippen molar-refractivity contribution in [1.29, 1.82) is 0 Å². The van der Waals surface area contributed by atoms with Gasteiger partial charge in [-0.3, -0.25) is 0 Å². The van der Waals surface area contributed by atoms with Gasteiger partial charge in [-0.15, -0.1) is 0 Å². The summed E-state index contributed by atoms with van der Waals surface area (Å²) < 4.78 is 7.67. The number of hydrogen-bond acceptors (Lipinski definition) is 3. The zero-order valence-corrected chi connectivity index (χ0v) is 15.5. The fourth-order valence-electron chi connectivity index (χ4n) is 3.33. The molecule has 0 aliphatic carbocycles. The third-order valence-electron chi connectivity index (χ3n) is 4.66. The lowest BCUT2D eigenvalue weighted by molar-refractivity contribution is 0.408. The minimum atomic E-state index is 0.799. The summed E-state index contributed by atoms with van der Waals surface area (Å²) in [5, 5.41) is 0. The van der Waals surface area contributed by atoms with Crippen molar-refractivity contribution in [2.75, 3.05) is 7.11 Å². The van der Waals surface area contributed by atoms with Gasteiger partial charge in [0.05, 0.1) is 36.7 Å². The average Bonchev–Trinajstić information content (AvgIpc) is 3.33. The van der Waals surface area contributed by atoms with Crippen LogP contribution in [0.1, 0.15) is 11.4 Å². The zero-order chi connectivity index (χ0) is 18.6. The van der Waals surface area contributed by atoms with Crippen molar-refractivity contribution in [2.45, 2.75) is 19.9 Å². The van der Waals surface area contributed by atoms with Crippen molar-refractivity contribution >= 4 is 0 Å². The summed E-state index contributed by atoms with van der Waals surface area (Å²) in [4.78, 5) is 12.4. The SMILES string of the molecule is COc1ccccc1CCn1cnc(-c2ccccc2)c1-c1cnc(C)[nH]1. The molecule has 0 aliphatic rings. The number of nitrogens with one attached hydrogen (secondary N) is 1. The number of rotatable bonds is 6. The number of para-hydroxylation sites is 1. The van der Waals surface area contributed by atoms with E-state index in [1.165, 1.54) is 5.56 Å². The number of H-pyrrole nitrogens is 1. The summed E-state index contributed by atoms with van der Waals surface area (Å²) in [7, 11) is 1.71. The Labute approximate surface area is 158 Å². The predicted octanol–water partition coefficient (Wildman–Crippen LogP) is 4.50. The molecule has 27 heavy (non-hydrogen) atoms. The Morgan fingerprint density at radius 3 is 2.52 bits per heavy atom. The first kappa shape index (κ1) is 17.1. The van der Waals surface area contributed by atoms with E-state index in [-0.39, 0.29) is 0 Å². The number of methoxy groups -OCH3 is 1. The Balaban J connectivity index is 1.71. The number of aryl methyl sites for hydroxylation is 3. The van der Waals surface area contributed by atoms with Gasteiger partial charge in [0.1, 0.15) is 11.6 Å². The molecule has 4 aromatic rings. The number of ether oxygens (including phenoxy) is 1. The Morgan fingerprint density at radius 1 is 1.00 bits per heavy atom. The van der Waals surface area contributed by atoms with Crippen molar-refractivity contribution in [3.63, 3.8) is 0 Å².